The van der Waals surface area contributed by atoms with Crippen LogP contribution in [-0.2, 0) is 4.74 Å². The molecule has 3 nitrogen and oxygen atoms in total. The molecule has 0 aliphatic carbocycles. The van der Waals surface area contributed by atoms with Gasteiger partial charge in [-0.05, 0) is 18.6 Å². The Hall–Kier alpha value is -1.42. The van der Waals surface area contributed by atoms with E-state index in [1.54, 1.807) is 13.2 Å². The molecule has 0 spiro atoms. The Kier molecular flexibility index (Phi) is 4.92. The molecule has 0 radical (unpaired) electrons. The summed E-state index contributed by atoms with van der Waals surface area (Å²) in [6.45, 7) is 0.503. The van der Waals surface area contributed by atoms with Gasteiger partial charge < -0.3 is 9.47 Å². The summed E-state index contributed by atoms with van der Waals surface area (Å²) in [5, 5.41) is 0. The maximum absolute atomic E-state index is 13.5. The first kappa shape index (κ1) is 12.6. The predicted molar refractivity (Wildman–Crippen MR) is 58.4 cm³/mol. The SMILES string of the molecule is COCCCC(=O)c1ccc(OC)cc1F. The molecule has 0 saturated heterocycles. The van der Waals surface area contributed by atoms with Crippen molar-refractivity contribution in [3.8, 4) is 5.75 Å². The number of benzene rings is 1. The van der Waals surface area contributed by atoms with Gasteiger partial charge in [0, 0.05) is 26.2 Å². The first-order valence-electron chi connectivity index (χ1n) is 5.04. The molecule has 0 fully saturated rings. The van der Waals surface area contributed by atoms with Crippen LogP contribution in [0.2, 0.25) is 0 Å². The van der Waals surface area contributed by atoms with E-state index in [2.05, 4.69) is 0 Å². The van der Waals surface area contributed by atoms with E-state index in [0.717, 1.165) is 0 Å². The van der Waals surface area contributed by atoms with Crippen molar-refractivity contribution in [3.05, 3.63) is 29.6 Å². The lowest BCUT2D eigenvalue weighted by Gasteiger charge is -2.04. The Morgan fingerprint density at radius 3 is 2.69 bits per heavy atom. The molecule has 0 atom stereocenters. The van der Waals surface area contributed by atoms with Gasteiger partial charge in [-0.3, -0.25) is 4.79 Å². The van der Waals surface area contributed by atoms with Crippen LogP contribution in [0.15, 0.2) is 18.2 Å². The lowest BCUT2D eigenvalue weighted by molar-refractivity contribution is 0.0959. The van der Waals surface area contributed by atoms with Crippen LogP contribution >= 0.6 is 0 Å². The average molecular weight is 226 g/mol. The van der Waals surface area contributed by atoms with E-state index in [1.165, 1.54) is 19.2 Å². The van der Waals surface area contributed by atoms with Crippen molar-refractivity contribution in [2.45, 2.75) is 12.8 Å². The number of Topliss-reactive ketones (excluding diaryl/α,β-unsaturated/α-hetero) is 1. The molecule has 16 heavy (non-hydrogen) atoms. The van der Waals surface area contributed by atoms with Crippen molar-refractivity contribution in [2.24, 2.45) is 0 Å². The maximum atomic E-state index is 13.5. The second kappa shape index (κ2) is 6.23. The molecular weight excluding hydrogens is 211 g/mol. The molecule has 88 valence electrons. The van der Waals surface area contributed by atoms with Crippen LogP contribution in [0.1, 0.15) is 23.2 Å². The zero-order valence-corrected chi connectivity index (χ0v) is 9.46. The lowest BCUT2D eigenvalue weighted by Crippen LogP contribution is -2.04. The number of methoxy groups -OCH3 is 2. The number of carbonyl (C=O) groups is 1. The highest BCUT2D eigenvalue weighted by atomic mass is 19.1. The van der Waals surface area contributed by atoms with Gasteiger partial charge in [-0.25, -0.2) is 4.39 Å². The third kappa shape index (κ3) is 3.31. The quantitative estimate of drug-likeness (QED) is 0.552. The Morgan fingerprint density at radius 1 is 1.38 bits per heavy atom. The third-order valence-electron chi connectivity index (χ3n) is 2.23. The lowest BCUT2D eigenvalue weighted by atomic mass is 10.1. The summed E-state index contributed by atoms with van der Waals surface area (Å²) < 4.78 is 23.2. The molecule has 1 aromatic carbocycles. The van der Waals surface area contributed by atoms with Crippen LogP contribution in [0, 0.1) is 5.82 Å². The Bertz CT molecular complexity index is 363. The highest BCUT2D eigenvalue weighted by Crippen LogP contribution is 2.17. The van der Waals surface area contributed by atoms with Crippen molar-refractivity contribution in [1.82, 2.24) is 0 Å². The molecule has 0 aliphatic heterocycles. The summed E-state index contributed by atoms with van der Waals surface area (Å²) in [5.41, 5.74) is 0.108. The van der Waals surface area contributed by atoms with Gasteiger partial charge >= 0.3 is 0 Å². The van der Waals surface area contributed by atoms with Crippen LogP contribution in [-0.4, -0.2) is 26.6 Å². The molecule has 1 rings (SSSR count). The minimum atomic E-state index is -0.540. The molecule has 0 N–H and O–H groups in total. The topological polar surface area (TPSA) is 35.5 Å². The summed E-state index contributed by atoms with van der Waals surface area (Å²) >= 11 is 0. The molecule has 0 saturated carbocycles. The van der Waals surface area contributed by atoms with E-state index < -0.39 is 5.82 Å². The summed E-state index contributed by atoms with van der Waals surface area (Å²) in [5.74, 6) is -0.343. The number of halogens is 1. The molecule has 1 aromatic rings. The highest BCUT2D eigenvalue weighted by Gasteiger charge is 2.11. The van der Waals surface area contributed by atoms with Crippen LogP contribution < -0.4 is 4.74 Å². The fourth-order valence-electron chi connectivity index (χ4n) is 1.36. The Morgan fingerprint density at radius 2 is 2.12 bits per heavy atom. The normalized spacial score (nSPS) is 10.2. The number of hydrogen-bond acceptors (Lipinski definition) is 3. The monoisotopic (exact) mass is 226 g/mol. The van der Waals surface area contributed by atoms with Crippen molar-refractivity contribution in [3.63, 3.8) is 0 Å². The molecule has 0 bridgehead atoms. The average Bonchev–Trinajstić information content (AvgIpc) is 2.29. The summed E-state index contributed by atoms with van der Waals surface area (Å²) in [6.07, 6.45) is 0.887. The van der Waals surface area contributed by atoms with Gasteiger partial charge in [0.2, 0.25) is 0 Å². The van der Waals surface area contributed by atoms with Crippen LogP contribution in [0.4, 0.5) is 4.39 Å². The van der Waals surface area contributed by atoms with Crippen LogP contribution in [0.3, 0.4) is 0 Å². The van der Waals surface area contributed by atoms with Gasteiger partial charge in [0.05, 0.1) is 12.7 Å². The van der Waals surface area contributed by atoms with E-state index in [-0.39, 0.29) is 17.8 Å². The molecule has 0 unspecified atom stereocenters. The minimum absolute atomic E-state index is 0.108. The highest BCUT2D eigenvalue weighted by molar-refractivity contribution is 5.96. The molecular formula is C12H15FO3. The van der Waals surface area contributed by atoms with Gasteiger partial charge in [0.25, 0.3) is 0 Å². The van der Waals surface area contributed by atoms with Gasteiger partial charge in [0.15, 0.2) is 5.78 Å². The van der Waals surface area contributed by atoms with E-state index in [9.17, 15) is 9.18 Å². The first-order valence-corrected chi connectivity index (χ1v) is 5.04. The predicted octanol–water partition coefficient (Wildman–Crippen LogP) is 2.44. The fraction of sp³-hybridized carbons (Fsp3) is 0.417. The van der Waals surface area contributed by atoms with E-state index in [0.29, 0.717) is 18.8 Å². The largest absolute Gasteiger partial charge is 0.497 e. The van der Waals surface area contributed by atoms with Gasteiger partial charge in [-0.2, -0.15) is 0 Å². The van der Waals surface area contributed by atoms with Crippen molar-refractivity contribution in [1.29, 1.82) is 0 Å². The molecule has 4 heteroatoms. The summed E-state index contributed by atoms with van der Waals surface area (Å²) in [4.78, 5) is 11.6. The van der Waals surface area contributed by atoms with Gasteiger partial charge in [-0.15, -0.1) is 0 Å². The Labute approximate surface area is 94.2 Å². The standard InChI is InChI=1S/C12H15FO3/c1-15-7-3-4-12(14)10-6-5-9(16-2)8-11(10)13/h5-6,8H,3-4,7H2,1-2H3. The Balaban J connectivity index is 2.68. The third-order valence-corrected chi connectivity index (χ3v) is 2.23. The number of ether oxygens (including phenoxy) is 2. The molecule has 0 aromatic heterocycles. The molecule has 0 aliphatic rings. The van der Waals surface area contributed by atoms with E-state index in [1.807, 2.05) is 0 Å². The minimum Gasteiger partial charge on any atom is -0.497 e. The van der Waals surface area contributed by atoms with E-state index in [4.69, 9.17) is 9.47 Å². The summed E-state index contributed by atoms with van der Waals surface area (Å²) in [6, 6.07) is 4.24. The number of hydrogen-bond donors (Lipinski definition) is 0. The second-order valence-electron chi connectivity index (χ2n) is 3.37. The second-order valence-corrected chi connectivity index (χ2v) is 3.37. The molecule has 0 amide bonds. The first-order chi connectivity index (χ1) is 7.69. The van der Waals surface area contributed by atoms with Gasteiger partial charge in [0.1, 0.15) is 11.6 Å². The number of carbonyl (C=O) groups excluding carboxylic acids is 1. The van der Waals surface area contributed by atoms with Crippen molar-refractivity contribution >= 4 is 5.78 Å². The van der Waals surface area contributed by atoms with Crippen molar-refractivity contribution in [2.75, 3.05) is 20.8 Å². The van der Waals surface area contributed by atoms with Crippen LogP contribution in [0.5, 0.6) is 5.75 Å². The molecule has 0 heterocycles. The smallest absolute Gasteiger partial charge is 0.165 e. The maximum Gasteiger partial charge on any atom is 0.165 e. The van der Waals surface area contributed by atoms with Crippen molar-refractivity contribution < 1.29 is 18.7 Å². The van der Waals surface area contributed by atoms with Gasteiger partial charge in [-0.1, -0.05) is 0 Å². The van der Waals surface area contributed by atoms with E-state index >= 15 is 0 Å². The number of ketones is 1. The van der Waals surface area contributed by atoms with Crippen LogP contribution in [0.25, 0.3) is 0 Å². The summed E-state index contributed by atoms with van der Waals surface area (Å²) in [7, 11) is 3.02. The zero-order chi connectivity index (χ0) is 12.0. The zero-order valence-electron chi connectivity index (χ0n) is 9.46. The number of rotatable bonds is 6. The fourth-order valence-corrected chi connectivity index (χ4v) is 1.36.